The number of unbranched alkanes of at least 4 members (excludes halogenated alkanes) is 17. The fraction of sp³-hybridized carbons (Fsp3) is 0.868. The molecule has 0 amide bonds. The van der Waals surface area contributed by atoms with Gasteiger partial charge < -0.3 is 20.1 Å². The van der Waals surface area contributed by atoms with E-state index in [0.717, 1.165) is 25.7 Å². The second kappa shape index (κ2) is 28.3. The van der Waals surface area contributed by atoms with Crippen molar-refractivity contribution in [1.29, 1.82) is 0 Å². The summed E-state index contributed by atoms with van der Waals surface area (Å²) >= 11 is 0. The molecule has 3 unspecified atom stereocenters. The molecule has 45 heavy (non-hydrogen) atoms. The van der Waals surface area contributed by atoms with Gasteiger partial charge in [0.1, 0.15) is 6.04 Å². The summed E-state index contributed by atoms with van der Waals surface area (Å²) in [6.07, 6.45) is 30.0. The van der Waals surface area contributed by atoms with Crippen molar-refractivity contribution in [1.82, 2.24) is 0 Å². The fourth-order valence-electron chi connectivity index (χ4n) is 7.15. The van der Waals surface area contributed by atoms with Crippen LogP contribution in [0, 0.1) is 0 Å². The van der Waals surface area contributed by atoms with Gasteiger partial charge in [0.2, 0.25) is 0 Å². The van der Waals surface area contributed by atoms with Crippen LogP contribution in [0.4, 0.5) is 0 Å². The van der Waals surface area contributed by atoms with Gasteiger partial charge in [0, 0.05) is 19.3 Å². The molecule has 0 saturated carbocycles. The zero-order valence-electron chi connectivity index (χ0n) is 29.7. The first-order valence-electron chi connectivity index (χ1n) is 18.9. The first kappa shape index (κ1) is 43.1. The highest BCUT2D eigenvalue weighted by Crippen LogP contribution is 2.34. The lowest BCUT2D eigenvalue weighted by Crippen LogP contribution is -2.74. The van der Waals surface area contributed by atoms with Crippen LogP contribution >= 0.6 is 0 Å². The van der Waals surface area contributed by atoms with Gasteiger partial charge in [0.15, 0.2) is 12.1 Å². The average molecular weight is 638 g/mol. The molecule has 0 fully saturated rings. The standard InChI is InChI=1S/C38H71NO6/c1-5-9-10-11-12-13-14-15-16-17-18-19-20-21-22-23-24-25-26-27-28-32-39(33(29-6-2)36(40)41,34(30-7-3)37(42)43)35(31-8-4)38(44)45/h16-17,33-35H,5-15,18-32H2,1-4H3,(H2-,40,41,42,43,44,45)/b17-16+. The summed E-state index contributed by atoms with van der Waals surface area (Å²) in [5.74, 6) is -3.55. The molecular weight excluding hydrogens is 566 g/mol. The van der Waals surface area contributed by atoms with E-state index in [-0.39, 0.29) is 25.8 Å². The lowest BCUT2D eigenvalue weighted by molar-refractivity contribution is -0.975. The van der Waals surface area contributed by atoms with Crippen LogP contribution in [0.15, 0.2) is 12.2 Å². The molecule has 2 N–H and O–H groups in total. The van der Waals surface area contributed by atoms with E-state index in [1.807, 2.05) is 20.8 Å². The van der Waals surface area contributed by atoms with Gasteiger partial charge in [0.25, 0.3) is 0 Å². The van der Waals surface area contributed by atoms with E-state index in [1.165, 1.54) is 89.9 Å². The Morgan fingerprint density at radius 1 is 0.511 bits per heavy atom. The van der Waals surface area contributed by atoms with Gasteiger partial charge in [-0.25, -0.2) is 9.59 Å². The minimum atomic E-state index is -1.33. The molecule has 0 aromatic heterocycles. The molecule has 3 atom stereocenters. The predicted molar refractivity (Wildman–Crippen MR) is 184 cm³/mol. The lowest BCUT2D eigenvalue weighted by atomic mass is 9.91. The Balaban J connectivity index is 4.67. The molecule has 0 saturated heterocycles. The molecule has 7 nitrogen and oxygen atoms in total. The molecule has 0 aromatic carbocycles. The minimum absolute atomic E-state index is 0.207. The highest BCUT2D eigenvalue weighted by molar-refractivity contribution is 5.77. The van der Waals surface area contributed by atoms with E-state index in [1.54, 1.807) is 0 Å². The van der Waals surface area contributed by atoms with Crippen LogP contribution in [0.2, 0.25) is 0 Å². The molecule has 264 valence electrons. The summed E-state index contributed by atoms with van der Waals surface area (Å²) in [4.78, 5) is 37.7. The molecule has 0 aliphatic carbocycles. The van der Waals surface area contributed by atoms with Crippen molar-refractivity contribution in [3.63, 3.8) is 0 Å². The number of carboxylic acid groups (broad SMARTS) is 3. The van der Waals surface area contributed by atoms with Crippen LogP contribution in [-0.4, -0.2) is 57.3 Å². The quantitative estimate of drug-likeness (QED) is 0.0421. The number of carbonyl (C=O) groups is 3. The number of quaternary nitrogens is 1. The number of carbonyl (C=O) groups excluding carboxylic acids is 1. The molecule has 0 aliphatic heterocycles. The van der Waals surface area contributed by atoms with Crippen molar-refractivity contribution >= 4 is 17.9 Å². The molecule has 0 radical (unpaired) electrons. The molecule has 0 bridgehead atoms. The van der Waals surface area contributed by atoms with Gasteiger partial charge in [-0.1, -0.05) is 130 Å². The van der Waals surface area contributed by atoms with Crippen molar-refractivity contribution in [2.75, 3.05) is 6.54 Å². The van der Waals surface area contributed by atoms with E-state index in [2.05, 4.69) is 19.1 Å². The molecule has 0 heterocycles. The lowest BCUT2D eigenvalue weighted by Gasteiger charge is -2.52. The highest BCUT2D eigenvalue weighted by atomic mass is 16.4. The topological polar surface area (TPSA) is 115 Å². The van der Waals surface area contributed by atoms with Gasteiger partial charge in [-0.2, -0.15) is 0 Å². The number of carboxylic acids is 3. The molecule has 0 aromatic rings. The summed E-state index contributed by atoms with van der Waals surface area (Å²) in [5, 5.41) is 33.1. The van der Waals surface area contributed by atoms with Gasteiger partial charge in [0.05, 0.1) is 12.5 Å². The third-order valence-electron chi connectivity index (χ3n) is 9.58. The normalized spacial score (nSPS) is 15.1. The second-order valence-electron chi connectivity index (χ2n) is 13.3. The first-order valence-corrected chi connectivity index (χ1v) is 18.9. The Labute approximate surface area is 276 Å². The molecule has 0 aliphatic rings. The number of aliphatic carboxylic acids is 3. The average Bonchev–Trinajstić information content (AvgIpc) is 3.00. The number of allylic oxidation sites excluding steroid dienone is 2. The summed E-state index contributed by atoms with van der Waals surface area (Å²) < 4.78 is -0.434. The Morgan fingerprint density at radius 3 is 1.18 bits per heavy atom. The van der Waals surface area contributed by atoms with Crippen LogP contribution in [-0.2, 0) is 14.4 Å². The predicted octanol–water partition coefficient (Wildman–Crippen LogP) is 9.22. The van der Waals surface area contributed by atoms with Crippen LogP contribution in [0.5, 0.6) is 0 Å². The molecule has 7 heteroatoms. The summed E-state index contributed by atoms with van der Waals surface area (Å²) in [5.41, 5.74) is 0. The van der Waals surface area contributed by atoms with Gasteiger partial charge in [-0.15, -0.1) is 0 Å². The second-order valence-corrected chi connectivity index (χ2v) is 13.3. The minimum Gasteiger partial charge on any atom is -0.544 e. The maximum absolute atomic E-state index is 12.6. The van der Waals surface area contributed by atoms with E-state index >= 15 is 0 Å². The van der Waals surface area contributed by atoms with Crippen molar-refractivity contribution in [3.05, 3.63) is 12.2 Å². The Kier molecular flexibility index (Phi) is 27.2. The van der Waals surface area contributed by atoms with Gasteiger partial charge >= 0.3 is 11.9 Å². The smallest absolute Gasteiger partial charge is 0.362 e. The Morgan fingerprint density at radius 2 is 0.844 bits per heavy atom. The van der Waals surface area contributed by atoms with Crippen molar-refractivity contribution < 1.29 is 34.2 Å². The summed E-state index contributed by atoms with van der Waals surface area (Å²) in [7, 11) is 0. The monoisotopic (exact) mass is 638 g/mol. The molecular formula is C38H71NO6. The third kappa shape index (κ3) is 18.1. The third-order valence-corrected chi connectivity index (χ3v) is 9.58. The highest BCUT2D eigenvalue weighted by Gasteiger charge is 2.54. The van der Waals surface area contributed by atoms with Crippen molar-refractivity contribution in [2.45, 2.75) is 206 Å². The zero-order chi connectivity index (χ0) is 33.8. The Bertz CT molecular complexity index is 722. The van der Waals surface area contributed by atoms with Crippen molar-refractivity contribution in [2.24, 2.45) is 0 Å². The summed E-state index contributed by atoms with van der Waals surface area (Å²) in [6, 6.07) is -3.33. The maximum Gasteiger partial charge on any atom is 0.362 e. The zero-order valence-corrected chi connectivity index (χ0v) is 29.7. The number of nitrogens with zero attached hydrogens (tertiary/aromatic N) is 1. The largest absolute Gasteiger partial charge is 0.544 e. The van der Waals surface area contributed by atoms with Crippen LogP contribution in [0.3, 0.4) is 0 Å². The Hall–Kier alpha value is -1.89. The van der Waals surface area contributed by atoms with E-state index in [0.29, 0.717) is 25.7 Å². The van der Waals surface area contributed by atoms with E-state index in [4.69, 9.17) is 0 Å². The van der Waals surface area contributed by atoms with Crippen LogP contribution in [0.25, 0.3) is 0 Å². The van der Waals surface area contributed by atoms with Crippen LogP contribution in [0.1, 0.15) is 188 Å². The fourth-order valence-corrected chi connectivity index (χ4v) is 7.15. The number of rotatable bonds is 33. The van der Waals surface area contributed by atoms with Gasteiger partial charge in [-0.05, 0) is 51.4 Å². The van der Waals surface area contributed by atoms with Crippen LogP contribution < -0.4 is 5.11 Å². The molecule has 0 spiro atoms. The number of hydrogen-bond acceptors (Lipinski definition) is 4. The summed E-state index contributed by atoms with van der Waals surface area (Å²) in [6.45, 7) is 8.08. The van der Waals surface area contributed by atoms with E-state index in [9.17, 15) is 29.7 Å². The SMILES string of the molecule is CCCCCCCCC/C=C/CCCCCCCCCCCC[N+](C(CCC)C(=O)[O-])(C(CCC)C(=O)O)C(CCC)C(=O)O. The number of hydrogen-bond donors (Lipinski definition) is 2. The molecule has 0 rings (SSSR count). The van der Waals surface area contributed by atoms with Gasteiger partial charge in [-0.3, -0.25) is 4.48 Å². The first-order chi connectivity index (χ1) is 21.7. The van der Waals surface area contributed by atoms with E-state index < -0.39 is 40.5 Å². The van der Waals surface area contributed by atoms with Crippen molar-refractivity contribution in [3.8, 4) is 0 Å². The maximum atomic E-state index is 12.6.